The van der Waals surface area contributed by atoms with E-state index >= 15 is 0 Å². The fourth-order valence-electron chi connectivity index (χ4n) is 1.65. The highest BCUT2D eigenvalue weighted by atomic mass is 16.2. The molecule has 0 aromatic carbocycles. The molecule has 2 heteroatoms. The first-order chi connectivity index (χ1) is 5.31. The smallest absolute Gasteiger partial charge is 0.221 e. The molecule has 1 N–H and O–H groups in total. The first-order valence-corrected chi connectivity index (χ1v) is 3.97. The molecule has 1 fully saturated rings. The highest BCUT2D eigenvalue weighted by Gasteiger charge is 2.33. The first kappa shape index (κ1) is 6.65. The molecule has 1 amide bonds. The fraction of sp³-hybridized carbons (Fsp3) is 0.444. The quantitative estimate of drug-likeness (QED) is 0.514. The summed E-state index contributed by atoms with van der Waals surface area (Å²) in [6, 6.07) is 0. The fourth-order valence-corrected chi connectivity index (χ4v) is 1.65. The van der Waals surface area contributed by atoms with Crippen LogP contribution in [0, 0.1) is 0 Å². The number of allylic oxidation sites excluding steroid dienone is 2. The molecule has 0 atom stereocenters. The molecule has 2 nitrogen and oxygen atoms in total. The number of nitrogens with one attached hydrogen (secondary N) is 1. The van der Waals surface area contributed by atoms with E-state index < -0.39 is 0 Å². The second-order valence-electron chi connectivity index (χ2n) is 3.13. The molecule has 0 aromatic heterocycles. The van der Waals surface area contributed by atoms with Gasteiger partial charge in [-0.15, -0.1) is 0 Å². The molecule has 0 bridgehead atoms. The molecule has 0 radical (unpaired) electrons. The van der Waals surface area contributed by atoms with E-state index in [2.05, 4.69) is 29.6 Å². The summed E-state index contributed by atoms with van der Waals surface area (Å²) in [6.07, 6.45) is 11.0. The maximum Gasteiger partial charge on any atom is 0.221 e. The van der Waals surface area contributed by atoms with E-state index in [0.29, 0.717) is 6.42 Å². The van der Waals surface area contributed by atoms with E-state index in [0.717, 1.165) is 12.8 Å². The van der Waals surface area contributed by atoms with E-state index in [1.165, 1.54) is 0 Å². The summed E-state index contributed by atoms with van der Waals surface area (Å²) in [4.78, 5) is 10.9. The molecular formula is C9H11NO. The average molecular weight is 149 g/mol. The molecule has 0 saturated carbocycles. The highest BCUT2D eigenvalue weighted by molar-refractivity contribution is 5.80. The van der Waals surface area contributed by atoms with Gasteiger partial charge in [0, 0.05) is 6.42 Å². The van der Waals surface area contributed by atoms with Gasteiger partial charge in [-0.25, -0.2) is 0 Å². The molecule has 2 rings (SSSR count). The first-order valence-electron chi connectivity index (χ1n) is 3.97. The van der Waals surface area contributed by atoms with Crippen LogP contribution in [0.2, 0.25) is 0 Å². The lowest BCUT2D eigenvalue weighted by Crippen LogP contribution is -2.38. The van der Waals surface area contributed by atoms with Crippen molar-refractivity contribution in [3.05, 3.63) is 24.3 Å². The van der Waals surface area contributed by atoms with E-state index in [1.54, 1.807) is 0 Å². The third kappa shape index (κ3) is 1.09. The monoisotopic (exact) mass is 149 g/mol. The van der Waals surface area contributed by atoms with Crippen molar-refractivity contribution >= 4 is 5.91 Å². The van der Waals surface area contributed by atoms with Crippen molar-refractivity contribution in [1.29, 1.82) is 0 Å². The maximum atomic E-state index is 10.9. The number of hydrogen-bond acceptors (Lipinski definition) is 1. The standard InChI is InChI=1S/C9H11NO/c11-8-4-7-9(10-8)5-2-1-3-6-9/h2-3,5-6H,1,4,7H2,(H,10,11). The van der Waals surface area contributed by atoms with Crippen molar-refractivity contribution in [3.63, 3.8) is 0 Å². The topological polar surface area (TPSA) is 29.1 Å². The predicted molar refractivity (Wildman–Crippen MR) is 43.0 cm³/mol. The largest absolute Gasteiger partial charge is 0.344 e. The van der Waals surface area contributed by atoms with Crippen LogP contribution in [0.15, 0.2) is 24.3 Å². The van der Waals surface area contributed by atoms with Crippen molar-refractivity contribution in [2.75, 3.05) is 0 Å². The van der Waals surface area contributed by atoms with Gasteiger partial charge in [-0.1, -0.05) is 24.3 Å². The lowest BCUT2D eigenvalue weighted by molar-refractivity contribution is -0.119. The second kappa shape index (κ2) is 2.22. The zero-order chi connectivity index (χ0) is 7.73. The van der Waals surface area contributed by atoms with Gasteiger partial charge in [0.15, 0.2) is 0 Å². The van der Waals surface area contributed by atoms with Crippen molar-refractivity contribution in [2.45, 2.75) is 24.8 Å². The van der Waals surface area contributed by atoms with Crippen LogP contribution in [-0.4, -0.2) is 11.4 Å². The van der Waals surface area contributed by atoms with Gasteiger partial charge in [0.1, 0.15) is 0 Å². The SMILES string of the molecule is O=C1CCC2(C=CCC=C2)N1. The number of rotatable bonds is 0. The van der Waals surface area contributed by atoms with Crippen molar-refractivity contribution < 1.29 is 4.79 Å². The van der Waals surface area contributed by atoms with Gasteiger partial charge in [0.05, 0.1) is 5.54 Å². The normalized spacial score (nSPS) is 26.0. The summed E-state index contributed by atoms with van der Waals surface area (Å²) >= 11 is 0. The van der Waals surface area contributed by atoms with Crippen LogP contribution in [-0.2, 0) is 4.79 Å². The van der Waals surface area contributed by atoms with Gasteiger partial charge in [-0.3, -0.25) is 4.79 Å². The number of hydrogen-bond donors (Lipinski definition) is 1. The molecule has 1 aliphatic heterocycles. The van der Waals surface area contributed by atoms with E-state index in [1.807, 2.05) is 0 Å². The van der Waals surface area contributed by atoms with Crippen LogP contribution in [0.25, 0.3) is 0 Å². The summed E-state index contributed by atoms with van der Waals surface area (Å²) in [7, 11) is 0. The Labute approximate surface area is 66.0 Å². The number of carbonyl (C=O) groups is 1. The number of carbonyl (C=O) groups excluding carboxylic acids is 1. The molecule has 0 unspecified atom stereocenters. The van der Waals surface area contributed by atoms with Crippen molar-refractivity contribution in [2.24, 2.45) is 0 Å². The average Bonchev–Trinajstić information content (AvgIpc) is 2.34. The minimum absolute atomic E-state index is 0.116. The summed E-state index contributed by atoms with van der Waals surface area (Å²) in [5.41, 5.74) is -0.116. The molecule has 58 valence electrons. The third-order valence-electron chi connectivity index (χ3n) is 2.24. The highest BCUT2D eigenvalue weighted by Crippen LogP contribution is 2.25. The molecular weight excluding hydrogens is 138 g/mol. The van der Waals surface area contributed by atoms with E-state index in [9.17, 15) is 4.79 Å². The third-order valence-corrected chi connectivity index (χ3v) is 2.24. The van der Waals surface area contributed by atoms with Crippen LogP contribution >= 0.6 is 0 Å². The summed E-state index contributed by atoms with van der Waals surface area (Å²) in [6.45, 7) is 0. The zero-order valence-electron chi connectivity index (χ0n) is 6.34. The summed E-state index contributed by atoms with van der Waals surface area (Å²) in [5, 5.41) is 2.96. The molecule has 0 aromatic rings. The minimum atomic E-state index is -0.116. The lowest BCUT2D eigenvalue weighted by atomic mass is 9.93. The maximum absolute atomic E-state index is 10.9. The Morgan fingerprint density at radius 3 is 2.64 bits per heavy atom. The molecule has 1 heterocycles. The van der Waals surface area contributed by atoms with Crippen LogP contribution in [0.1, 0.15) is 19.3 Å². The molecule has 1 spiro atoms. The molecule has 11 heavy (non-hydrogen) atoms. The van der Waals surface area contributed by atoms with Crippen molar-refractivity contribution in [1.82, 2.24) is 5.32 Å². The minimum Gasteiger partial charge on any atom is -0.344 e. The Morgan fingerprint density at radius 2 is 2.09 bits per heavy atom. The van der Waals surface area contributed by atoms with E-state index in [4.69, 9.17) is 0 Å². The van der Waals surface area contributed by atoms with Gasteiger partial charge in [-0.05, 0) is 12.8 Å². The lowest BCUT2D eigenvalue weighted by Gasteiger charge is -2.22. The molecule has 1 saturated heterocycles. The Bertz CT molecular complexity index is 228. The van der Waals surface area contributed by atoms with Crippen LogP contribution < -0.4 is 5.32 Å². The molecule has 1 aliphatic carbocycles. The van der Waals surface area contributed by atoms with Crippen LogP contribution in [0.5, 0.6) is 0 Å². The van der Waals surface area contributed by atoms with Gasteiger partial charge in [0.2, 0.25) is 5.91 Å². The number of amides is 1. The van der Waals surface area contributed by atoms with Gasteiger partial charge in [0.25, 0.3) is 0 Å². The molecule has 2 aliphatic rings. The van der Waals surface area contributed by atoms with Crippen molar-refractivity contribution in [3.8, 4) is 0 Å². The summed E-state index contributed by atoms with van der Waals surface area (Å²) in [5.74, 6) is 0.168. The van der Waals surface area contributed by atoms with Crippen LogP contribution in [0.3, 0.4) is 0 Å². The van der Waals surface area contributed by atoms with E-state index in [-0.39, 0.29) is 11.4 Å². The Balaban J connectivity index is 2.22. The predicted octanol–water partition coefficient (Wildman–Crippen LogP) is 1.15. The second-order valence-corrected chi connectivity index (χ2v) is 3.13. The van der Waals surface area contributed by atoms with Gasteiger partial charge >= 0.3 is 0 Å². The Hall–Kier alpha value is -1.05. The Morgan fingerprint density at radius 1 is 1.36 bits per heavy atom. The van der Waals surface area contributed by atoms with Crippen LogP contribution in [0.4, 0.5) is 0 Å². The Kier molecular flexibility index (Phi) is 1.34. The van der Waals surface area contributed by atoms with Gasteiger partial charge < -0.3 is 5.32 Å². The summed E-state index contributed by atoms with van der Waals surface area (Å²) < 4.78 is 0. The zero-order valence-corrected chi connectivity index (χ0v) is 6.34. The van der Waals surface area contributed by atoms with Gasteiger partial charge in [-0.2, -0.15) is 0 Å².